The van der Waals surface area contributed by atoms with Crippen LogP contribution in [0.5, 0.6) is 0 Å². The summed E-state index contributed by atoms with van der Waals surface area (Å²) in [5.74, 6) is -0.854. The monoisotopic (exact) mass is 226 g/mol. The first-order valence-corrected chi connectivity index (χ1v) is 2.74. The molecule has 0 fully saturated rings. The quantitative estimate of drug-likeness (QED) is 0.594. The van der Waals surface area contributed by atoms with Crippen LogP contribution in [0.1, 0.15) is 0 Å². The zero-order valence-electron chi connectivity index (χ0n) is 6.12. The predicted molar refractivity (Wildman–Crippen MR) is 44.4 cm³/mol. The molecule has 3 N–H and O–H groups in total. The summed E-state index contributed by atoms with van der Waals surface area (Å²) in [5, 5.41) is 2.24. The van der Waals surface area contributed by atoms with Gasteiger partial charge in [-0.1, -0.05) is 0 Å². The minimum Gasteiger partial charge on any atom is -0.468 e. The molecule has 66 valence electrons. The second-order valence-electron chi connectivity index (χ2n) is 1.56. The van der Waals surface area contributed by atoms with E-state index in [-0.39, 0.29) is 36.0 Å². The van der Waals surface area contributed by atoms with E-state index in [4.69, 9.17) is 5.73 Å². The van der Waals surface area contributed by atoms with Crippen LogP contribution < -0.4 is 11.1 Å². The number of nitrogens with one attached hydrogen (secondary N) is 1. The molecule has 0 aromatic heterocycles. The number of methoxy groups -OCH3 is 1. The molecule has 0 rings (SSSR count). The molecule has 0 heterocycles. The highest BCUT2D eigenvalue weighted by Gasteiger charge is 2.01. The van der Waals surface area contributed by atoms with Crippen LogP contribution in [-0.4, -0.2) is 32.1 Å². The molecule has 1 amide bonds. The number of carbonyl (C=O) groups excluding carboxylic acids is 2. The summed E-state index contributed by atoms with van der Waals surface area (Å²) in [7, 11) is 1.25. The number of ether oxygens (including phenoxy) is 1. The third kappa shape index (κ3) is 7.27. The minimum absolute atomic E-state index is 0. The molecule has 0 aromatic rings. The van der Waals surface area contributed by atoms with Gasteiger partial charge in [-0.15, -0.1) is 17.0 Å². The summed E-state index contributed by atoms with van der Waals surface area (Å²) in [5.41, 5.74) is 4.94. The molecule has 0 aliphatic carbocycles. The van der Waals surface area contributed by atoms with E-state index in [0.717, 1.165) is 0 Å². The van der Waals surface area contributed by atoms with Crippen molar-refractivity contribution in [1.29, 1.82) is 0 Å². The Morgan fingerprint density at radius 1 is 1.55 bits per heavy atom. The fraction of sp³-hybridized carbons (Fsp3) is 0.600. The number of carbonyl (C=O) groups is 2. The van der Waals surface area contributed by atoms with Crippen LogP contribution in [0.2, 0.25) is 0 Å². The Labute approximate surface area is 75.0 Å². The molecule has 0 bridgehead atoms. The van der Waals surface area contributed by atoms with E-state index in [2.05, 4.69) is 10.1 Å². The molecular weight excluding hydrogens is 216 g/mol. The highest BCUT2D eigenvalue weighted by molar-refractivity contribution is 8.93. The van der Waals surface area contributed by atoms with Gasteiger partial charge in [-0.05, 0) is 0 Å². The number of amides is 1. The summed E-state index contributed by atoms with van der Waals surface area (Å²) in [4.78, 5) is 20.7. The van der Waals surface area contributed by atoms with Gasteiger partial charge in [0.15, 0.2) is 0 Å². The highest BCUT2D eigenvalue weighted by Crippen LogP contribution is 1.68. The van der Waals surface area contributed by atoms with E-state index in [9.17, 15) is 9.59 Å². The average Bonchev–Trinajstić information content (AvgIpc) is 1.99. The molecule has 0 atom stereocenters. The Morgan fingerprint density at radius 3 is 2.45 bits per heavy atom. The summed E-state index contributed by atoms with van der Waals surface area (Å²) in [6.07, 6.45) is 0. The van der Waals surface area contributed by atoms with E-state index in [1.165, 1.54) is 7.11 Å². The smallest absolute Gasteiger partial charge is 0.325 e. The van der Waals surface area contributed by atoms with Crippen LogP contribution in [0.15, 0.2) is 0 Å². The van der Waals surface area contributed by atoms with Crippen molar-refractivity contribution in [2.45, 2.75) is 0 Å². The zero-order chi connectivity index (χ0) is 7.98. The van der Waals surface area contributed by atoms with Crippen molar-refractivity contribution < 1.29 is 14.3 Å². The maximum absolute atomic E-state index is 10.4. The molecule has 0 saturated carbocycles. The standard InChI is InChI=1S/C5H10N2O3.BrH/c1-10-5(9)3-7-4(8)2-6;/h2-3,6H2,1H3,(H,7,8);1H. The maximum atomic E-state index is 10.4. The Morgan fingerprint density at radius 2 is 2.09 bits per heavy atom. The van der Waals surface area contributed by atoms with E-state index in [1.807, 2.05) is 0 Å². The lowest BCUT2D eigenvalue weighted by Gasteiger charge is -1.99. The first kappa shape index (κ1) is 13.0. The maximum Gasteiger partial charge on any atom is 0.325 e. The van der Waals surface area contributed by atoms with Crippen molar-refractivity contribution in [2.24, 2.45) is 5.73 Å². The van der Waals surface area contributed by atoms with E-state index in [0.29, 0.717) is 0 Å². The first-order chi connectivity index (χ1) is 4.70. The molecule has 0 spiro atoms. The van der Waals surface area contributed by atoms with Crippen LogP contribution in [0.4, 0.5) is 0 Å². The van der Waals surface area contributed by atoms with Crippen LogP contribution in [0.25, 0.3) is 0 Å². The topological polar surface area (TPSA) is 81.4 Å². The fourth-order valence-electron chi connectivity index (χ4n) is 0.315. The van der Waals surface area contributed by atoms with Crippen molar-refractivity contribution in [3.8, 4) is 0 Å². The number of hydrogen-bond donors (Lipinski definition) is 2. The Kier molecular flexibility index (Phi) is 8.85. The molecule has 0 aliphatic heterocycles. The van der Waals surface area contributed by atoms with E-state index in [1.54, 1.807) is 0 Å². The van der Waals surface area contributed by atoms with Crippen molar-refractivity contribution in [3.05, 3.63) is 0 Å². The number of hydrogen-bond acceptors (Lipinski definition) is 4. The Hall–Kier alpha value is -0.620. The molecule has 0 aliphatic rings. The summed E-state index contributed by atoms with van der Waals surface area (Å²) >= 11 is 0. The van der Waals surface area contributed by atoms with Gasteiger partial charge in [0.05, 0.1) is 13.7 Å². The van der Waals surface area contributed by atoms with Gasteiger partial charge < -0.3 is 15.8 Å². The van der Waals surface area contributed by atoms with Crippen molar-refractivity contribution in [1.82, 2.24) is 5.32 Å². The minimum atomic E-state index is -0.484. The van der Waals surface area contributed by atoms with Crippen LogP contribution >= 0.6 is 17.0 Å². The van der Waals surface area contributed by atoms with Crippen LogP contribution in [0.3, 0.4) is 0 Å². The number of rotatable bonds is 3. The third-order valence-electron chi connectivity index (χ3n) is 0.843. The summed E-state index contributed by atoms with van der Waals surface area (Å²) in [6.45, 7) is -0.233. The molecule has 6 heteroatoms. The molecule has 5 nitrogen and oxygen atoms in total. The predicted octanol–water partition coefficient (Wildman–Crippen LogP) is -1.19. The largest absolute Gasteiger partial charge is 0.468 e. The first-order valence-electron chi connectivity index (χ1n) is 2.74. The SMILES string of the molecule is Br.COC(=O)CNC(=O)CN. The lowest BCUT2D eigenvalue weighted by molar-refractivity contribution is -0.141. The Bertz CT molecular complexity index is 124. The summed E-state index contributed by atoms with van der Waals surface area (Å²) in [6, 6.07) is 0. The molecular formula is C5H11BrN2O3. The van der Waals surface area contributed by atoms with E-state index < -0.39 is 5.97 Å². The van der Waals surface area contributed by atoms with Gasteiger partial charge in [-0.2, -0.15) is 0 Å². The van der Waals surface area contributed by atoms with Gasteiger partial charge in [0, 0.05) is 0 Å². The third-order valence-corrected chi connectivity index (χ3v) is 0.843. The summed E-state index contributed by atoms with van der Waals surface area (Å²) < 4.78 is 4.25. The lowest BCUT2D eigenvalue weighted by Crippen LogP contribution is -2.34. The van der Waals surface area contributed by atoms with Gasteiger partial charge in [-0.25, -0.2) is 0 Å². The molecule has 0 saturated heterocycles. The molecule has 0 radical (unpaired) electrons. The molecule has 0 unspecified atom stereocenters. The lowest BCUT2D eigenvalue weighted by atomic mass is 10.5. The average molecular weight is 227 g/mol. The zero-order valence-corrected chi connectivity index (χ0v) is 7.84. The molecule has 11 heavy (non-hydrogen) atoms. The van der Waals surface area contributed by atoms with Gasteiger partial charge >= 0.3 is 5.97 Å². The number of nitrogens with two attached hydrogens (primary N) is 1. The normalized spacial score (nSPS) is 7.82. The van der Waals surface area contributed by atoms with Gasteiger partial charge in [-0.3, -0.25) is 9.59 Å². The molecule has 0 aromatic carbocycles. The van der Waals surface area contributed by atoms with Crippen LogP contribution in [0, 0.1) is 0 Å². The van der Waals surface area contributed by atoms with Gasteiger partial charge in [0.2, 0.25) is 5.91 Å². The van der Waals surface area contributed by atoms with Gasteiger partial charge in [0.25, 0.3) is 0 Å². The highest BCUT2D eigenvalue weighted by atomic mass is 79.9. The fourth-order valence-corrected chi connectivity index (χ4v) is 0.315. The van der Waals surface area contributed by atoms with Crippen molar-refractivity contribution >= 4 is 28.9 Å². The number of halogens is 1. The van der Waals surface area contributed by atoms with Crippen molar-refractivity contribution in [3.63, 3.8) is 0 Å². The Balaban J connectivity index is 0. The second kappa shape index (κ2) is 7.49. The van der Waals surface area contributed by atoms with Crippen LogP contribution in [-0.2, 0) is 14.3 Å². The second-order valence-corrected chi connectivity index (χ2v) is 1.56. The van der Waals surface area contributed by atoms with Gasteiger partial charge in [0.1, 0.15) is 6.54 Å². The number of esters is 1. The van der Waals surface area contributed by atoms with E-state index >= 15 is 0 Å². The van der Waals surface area contributed by atoms with Crippen molar-refractivity contribution in [2.75, 3.05) is 20.2 Å².